The number of hydrogen-bond acceptors (Lipinski definition) is 6. The van der Waals surface area contributed by atoms with E-state index in [-0.39, 0.29) is 5.91 Å². The molecule has 0 radical (unpaired) electrons. The lowest BCUT2D eigenvalue weighted by Gasteiger charge is -2.34. The molecule has 1 heterocycles. The average Bonchev–Trinajstić information content (AvgIpc) is 2.86. The summed E-state index contributed by atoms with van der Waals surface area (Å²) < 4.78 is 5.28. The highest BCUT2D eigenvalue weighted by atomic mass is 32.1. The smallest absolute Gasteiger partial charge is 0.294 e. The number of hydrogen-bond donors (Lipinski definition) is 2. The number of carbonyl (C=O) groups excluding carboxylic acids is 1. The molecule has 2 rings (SSSR count). The Bertz CT molecular complexity index is 429. The number of carbonyl (C=O) groups is 1. The number of ether oxygens (including phenoxy) is 1. The van der Waals surface area contributed by atoms with Crippen molar-refractivity contribution in [1.82, 2.24) is 15.5 Å². The van der Waals surface area contributed by atoms with Gasteiger partial charge in [0.05, 0.1) is 18.7 Å². The topological polar surface area (TPSA) is 90.1 Å². The fourth-order valence-corrected chi connectivity index (χ4v) is 3.09. The SMILES string of the molecule is CCOc1nnc(CNC2(C(N)=O)CCCCC2)s1. The number of nitrogens with zero attached hydrogens (tertiary/aromatic N) is 2. The van der Waals surface area contributed by atoms with Gasteiger partial charge in [0.1, 0.15) is 5.01 Å². The first-order valence-corrected chi connectivity index (χ1v) is 7.48. The van der Waals surface area contributed by atoms with E-state index in [9.17, 15) is 4.79 Å². The highest BCUT2D eigenvalue weighted by Crippen LogP contribution is 2.28. The highest BCUT2D eigenvalue weighted by molar-refractivity contribution is 7.13. The van der Waals surface area contributed by atoms with E-state index < -0.39 is 5.54 Å². The van der Waals surface area contributed by atoms with Crippen molar-refractivity contribution in [2.45, 2.75) is 51.1 Å². The molecule has 1 aliphatic rings. The number of amides is 1. The minimum atomic E-state index is -0.574. The van der Waals surface area contributed by atoms with Crippen molar-refractivity contribution in [2.75, 3.05) is 6.61 Å². The zero-order chi connectivity index (χ0) is 13.7. The number of aromatic nitrogens is 2. The zero-order valence-electron chi connectivity index (χ0n) is 11.1. The maximum atomic E-state index is 11.7. The van der Waals surface area contributed by atoms with Crippen LogP contribution >= 0.6 is 11.3 Å². The van der Waals surface area contributed by atoms with Gasteiger partial charge in [-0.3, -0.25) is 10.1 Å². The van der Waals surface area contributed by atoms with Crippen LogP contribution in [0.15, 0.2) is 0 Å². The molecule has 106 valence electrons. The summed E-state index contributed by atoms with van der Waals surface area (Å²) >= 11 is 1.40. The first kappa shape index (κ1) is 14.2. The van der Waals surface area contributed by atoms with Crippen LogP contribution in [0.2, 0.25) is 0 Å². The largest absolute Gasteiger partial charge is 0.469 e. The van der Waals surface area contributed by atoms with Gasteiger partial charge in [0.15, 0.2) is 0 Å². The predicted octanol–water partition coefficient (Wildman–Crippen LogP) is 1.21. The van der Waals surface area contributed by atoms with Crippen LogP contribution < -0.4 is 15.8 Å². The van der Waals surface area contributed by atoms with Crippen LogP contribution in [0, 0.1) is 0 Å². The molecule has 7 heteroatoms. The van der Waals surface area contributed by atoms with Crippen molar-refractivity contribution in [1.29, 1.82) is 0 Å². The van der Waals surface area contributed by atoms with Crippen LogP contribution in [0.4, 0.5) is 0 Å². The quantitative estimate of drug-likeness (QED) is 0.819. The van der Waals surface area contributed by atoms with Crippen molar-refractivity contribution in [3.05, 3.63) is 5.01 Å². The van der Waals surface area contributed by atoms with Gasteiger partial charge in [-0.05, 0) is 19.8 Å². The molecule has 3 N–H and O–H groups in total. The first-order valence-electron chi connectivity index (χ1n) is 6.66. The molecule has 0 saturated heterocycles. The third kappa shape index (κ3) is 3.42. The molecule has 0 bridgehead atoms. The molecule has 6 nitrogen and oxygen atoms in total. The van der Waals surface area contributed by atoms with Crippen LogP contribution in [-0.4, -0.2) is 28.3 Å². The summed E-state index contributed by atoms with van der Waals surface area (Å²) in [6.45, 7) is 2.99. The molecule has 19 heavy (non-hydrogen) atoms. The Morgan fingerprint density at radius 1 is 1.42 bits per heavy atom. The summed E-state index contributed by atoms with van der Waals surface area (Å²) in [6.07, 6.45) is 4.86. The maximum absolute atomic E-state index is 11.7. The molecule has 1 saturated carbocycles. The molecular formula is C12H20N4O2S. The Labute approximate surface area is 116 Å². The van der Waals surface area contributed by atoms with Crippen molar-refractivity contribution in [3.63, 3.8) is 0 Å². The van der Waals surface area contributed by atoms with Gasteiger partial charge >= 0.3 is 0 Å². The number of rotatable bonds is 6. The summed E-state index contributed by atoms with van der Waals surface area (Å²) in [5.74, 6) is -0.262. The lowest BCUT2D eigenvalue weighted by Crippen LogP contribution is -2.56. The standard InChI is InChI=1S/C12H20N4O2S/c1-2-18-11-16-15-9(19-11)8-14-12(10(13)17)6-4-3-5-7-12/h14H,2-8H2,1H3,(H2,13,17). The van der Waals surface area contributed by atoms with E-state index in [1.54, 1.807) is 0 Å². The summed E-state index contributed by atoms with van der Waals surface area (Å²) in [4.78, 5) is 11.7. The molecule has 1 amide bonds. The van der Waals surface area contributed by atoms with E-state index in [4.69, 9.17) is 10.5 Å². The number of nitrogens with one attached hydrogen (secondary N) is 1. The van der Waals surface area contributed by atoms with Crippen molar-refractivity contribution in [3.8, 4) is 5.19 Å². The second-order valence-electron chi connectivity index (χ2n) is 4.76. The van der Waals surface area contributed by atoms with Gasteiger partial charge in [-0.1, -0.05) is 30.6 Å². The zero-order valence-corrected chi connectivity index (χ0v) is 12.0. The van der Waals surface area contributed by atoms with E-state index in [0.29, 0.717) is 18.3 Å². The van der Waals surface area contributed by atoms with Gasteiger partial charge < -0.3 is 10.5 Å². The molecule has 1 aromatic heterocycles. The highest BCUT2D eigenvalue weighted by Gasteiger charge is 2.37. The molecule has 1 fully saturated rings. The maximum Gasteiger partial charge on any atom is 0.294 e. The van der Waals surface area contributed by atoms with Crippen molar-refractivity contribution in [2.24, 2.45) is 5.73 Å². The Balaban J connectivity index is 1.96. The van der Waals surface area contributed by atoms with E-state index in [2.05, 4.69) is 15.5 Å². The lowest BCUT2D eigenvalue weighted by atomic mass is 9.81. The molecule has 1 aromatic rings. The van der Waals surface area contributed by atoms with Gasteiger partial charge in [-0.2, -0.15) is 0 Å². The minimum absolute atomic E-state index is 0.262. The van der Waals surface area contributed by atoms with E-state index >= 15 is 0 Å². The van der Waals surface area contributed by atoms with Gasteiger partial charge in [-0.25, -0.2) is 0 Å². The third-order valence-corrected chi connectivity index (χ3v) is 4.31. The monoisotopic (exact) mass is 284 g/mol. The first-order chi connectivity index (χ1) is 9.16. The van der Waals surface area contributed by atoms with Gasteiger partial charge in [-0.15, -0.1) is 10.2 Å². The summed E-state index contributed by atoms with van der Waals surface area (Å²) in [5, 5.41) is 12.6. The molecule has 0 unspecified atom stereocenters. The van der Waals surface area contributed by atoms with Crippen LogP contribution in [-0.2, 0) is 11.3 Å². The summed E-state index contributed by atoms with van der Waals surface area (Å²) in [5.41, 5.74) is 4.99. The van der Waals surface area contributed by atoms with E-state index in [1.807, 2.05) is 6.92 Å². The predicted molar refractivity (Wildman–Crippen MR) is 72.9 cm³/mol. The van der Waals surface area contributed by atoms with Gasteiger partial charge in [0.25, 0.3) is 5.19 Å². The van der Waals surface area contributed by atoms with Crippen LogP contribution in [0.25, 0.3) is 0 Å². The molecule has 0 aromatic carbocycles. The average molecular weight is 284 g/mol. The van der Waals surface area contributed by atoms with E-state index in [0.717, 1.165) is 30.7 Å². The van der Waals surface area contributed by atoms with Crippen LogP contribution in [0.5, 0.6) is 5.19 Å². The molecule has 0 atom stereocenters. The molecule has 1 aliphatic carbocycles. The van der Waals surface area contributed by atoms with Crippen LogP contribution in [0.1, 0.15) is 44.0 Å². The Morgan fingerprint density at radius 2 is 2.16 bits per heavy atom. The second kappa shape index (κ2) is 6.29. The Kier molecular flexibility index (Phi) is 4.71. The Morgan fingerprint density at radius 3 is 2.79 bits per heavy atom. The second-order valence-corrected chi connectivity index (χ2v) is 5.78. The third-order valence-electron chi connectivity index (χ3n) is 3.47. The fraction of sp³-hybridized carbons (Fsp3) is 0.750. The Hall–Kier alpha value is -1.21. The van der Waals surface area contributed by atoms with Crippen molar-refractivity contribution < 1.29 is 9.53 Å². The normalized spacial score (nSPS) is 18.2. The summed E-state index contributed by atoms with van der Waals surface area (Å²) in [7, 11) is 0. The number of primary amides is 1. The van der Waals surface area contributed by atoms with Gasteiger partial charge in [0.2, 0.25) is 5.91 Å². The minimum Gasteiger partial charge on any atom is -0.469 e. The van der Waals surface area contributed by atoms with Crippen LogP contribution in [0.3, 0.4) is 0 Å². The van der Waals surface area contributed by atoms with Crippen molar-refractivity contribution >= 4 is 17.2 Å². The van der Waals surface area contributed by atoms with Gasteiger partial charge in [0, 0.05) is 0 Å². The number of nitrogens with two attached hydrogens (primary N) is 1. The molecule has 0 aliphatic heterocycles. The van der Waals surface area contributed by atoms with E-state index in [1.165, 1.54) is 17.8 Å². The molecule has 0 spiro atoms. The lowest BCUT2D eigenvalue weighted by molar-refractivity contribution is -0.125. The summed E-state index contributed by atoms with van der Waals surface area (Å²) in [6, 6.07) is 0. The fourth-order valence-electron chi connectivity index (χ4n) is 2.40. The molecular weight excluding hydrogens is 264 g/mol.